The molecule has 0 aliphatic rings. The van der Waals surface area contributed by atoms with Crippen LogP contribution in [0.15, 0.2) is 18.2 Å². The zero-order valence-corrected chi connectivity index (χ0v) is 13.1. The van der Waals surface area contributed by atoms with Crippen LogP contribution in [0.3, 0.4) is 0 Å². The van der Waals surface area contributed by atoms with Crippen LogP contribution in [0.25, 0.3) is 0 Å². The molecule has 0 radical (unpaired) electrons. The van der Waals surface area contributed by atoms with Crippen LogP contribution in [-0.4, -0.2) is 51.7 Å². The van der Waals surface area contributed by atoms with Gasteiger partial charge in [0, 0.05) is 26.6 Å². The molecule has 0 bridgehead atoms. The highest BCUT2D eigenvalue weighted by molar-refractivity contribution is 7.88. The van der Waals surface area contributed by atoms with Crippen molar-refractivity contribution in [2.75, 3.05) is 38.4 Å². The molecule has 1 N–H and O–H groups in total. The van der Waals surface area contributed by atoms with E-state index in [1.165, 1.54) is 13.2 Å². The lowest BCUT2D eigenvalue weighted by Gasteiger charge is -2.19. The zero-order valence-electron chi connectivity index (χ0n) is 12.3. The Morgan fingerprint density at radius 1 is 1.27 bits per heavy atom. The third kappa shape index (κ3) is 5.66. The van der Waals surface area contributed by atoms with Gasteiger partial charge in [0.25, 0.3) is 0 Å². The van der Waals surface area contributed by atoms with E-state index in [-0.39, 0.29) is 26.1 Å². The Hall–Kier alpha value is -1.58. The van der Waals surface area contributed by atoms with Crippen molar-refractivity contribution in [1.82, 2.24) is 4.31 Å². The maximum Gasteiger partial charge on any atom is 0.225 e. The summed E-state index contributed by atoms with van der Waals surface area (Å²) in [6.45, 7) is 0.164. The Kier molecular flexibility index (Phi) is 6.85. The van der Waals surface area contributed by atoms with Gasteiger partial charge in [-0.2, -0.15) is 4.31 Å². The summed E-state index contributed by atoms with van der Waals surface area (Å²) >= 11 is 0. The number of anilines is 1. The average Bonchev–Trinajstić information content (AvgIpc) is 2.41. The van der Waals surface area contributed by atoms with Crippen molar-refractivity contribution in [2.45, 2.75) is 6.42 Å². The minimum atomic E-state index is -3.50. The monoisotopic (exact) mass is 336 g/mol. The third-order valence-electron chi connectivity index (χ3n) is 2.83. The Morgan fingerprint density at radius 2 is 1.86 bits per heavy atom. The largest absolute Gasteiger partial charge is 0.383 e. The fourth-order valence-electron chi connectivity index (χ4n) is 1.68. The lowest BCUT2D eigenvalue weighted by molar-refractivity contribution is -0.116. The molecule has 0 saturated heterocycles. The first kappa shape index (κ1) is 18.5. The number of sulfonamides is 1. The molecule has 124 valence electrons. The number of methoxy groups -OCH3 is 1. The molecule has 1 aromatic rings. The van der Waals surface area contributed by atoms with Crippen molar-refractivity contribution in [1.29, 1.82) is 0 Å². The van der Waals surface area contributed by atoms with Gasteiger partial charge >= 0.3 is 0 Å². The van der Waals surface area contributed by atoms with Gasteiger partial charge < -0.3 is 10.1 Å². The molecule has 0 fully saturated rings. The smallest absolute Gasteiger partial charge is 0.225 e. The van der Waals surface area contributed by atoms with Crippen molar-refractivity contribution >= 4 is 21.6 Å². The highest BCUT2D eigenvalue weighted by Gasteiger charge is 2.18. The minimum Gasteiger partial charge on any atom is -0.383 e. The molecular weight excluding hydrogens is 318 g/mol. The van der Waals surface area contributed by atoms with Crippen LogP contribution in [0, 0.1) is 11.6 Å². The van der Waals surface area contributed by atoms with Crippen molar-refractivity contribution < 1.29 is 26.7 Å². The van der Waals surface area contributed by atoms with E-state index in [1.807, 2.05) is 0 Å². The summed E-state index contributed by atoms with van der Waals surface area (Å²) in [5.41, 5.74) is -0.546. The Balaban J connectivity index is 2.64. The summed E-state index contributed by atoms with van der Waals surface area (Å²) in [6.07, 6.45) is 0.779. The predicted molar refractivity (Wildman–Crippen MR) is 77.9 cm³/mol. The molecule has 0 aliphatic carbocycles. The van der Waals surface area contributed by atoms with Crippen molar-refractivity contribution in [2.24, 2.45) is 0 Å². The summed E-state index contributed by atoms with van der Waals surface area (Å²) in [6, 6.07) is 3.20. The molecule has 1 amide bonds. The molecule has 6 nitrogen and oxygen atoms in total. The van der Waals surface area contributed by atoms with Crippen LogP contribution >= 0.6 is 0 Å². The molecule has 0 atom stereocenters. The van der Waals surface area contributed by atoms with Gasteiger partial charge in [0.05, 0.1) is 12.9 Å². The summed E-state index contributed by atoms with van der Waals surface area (Å²) in [4.78, 5) is 11.7. The van der Waals surface area contributed by atoms with Crippen LogP contribution in [-0.2, 0) is 19.6 Å². The quantitative estimate of drug-likeness (QED) is 0.774. The highest BCUT2D eigenvalue weighted by atomic mass is 32.2. The maximum atomic E-state index is 13.4. The lowest BCUT2D eigenvalue weighted by atomic mass is 10.2. The van der Waals surface area contributed by atoms with Crippen LogP contribution in [0.5, 0.6) is 0 Å². The minimum absolute atomic E-state index is 0.0939. The van der Waals surface area contributed by atoms with E-state index in [0.29, 0.717) is 0 Å². The van der Waals surface area contributed by atoms with E-state index < -0.39 is 33.3 Å². The van der Waals surface area contributed by atoms with Crippen LogP contribution in [0.4, 0.5) is 14.5 Å². The number of carbonyl (C=O) groups is 1. The Bertz CT molecular complexity index is 602. The number of carbonyl (C=O) groups excluding carboxylic acids is 1. The summed E-state index contributed by atoms with van der Waals surface area (Å²) in [5, 5.41) is 2.10. The standard InChI is InChI=1S/C13H18F2N2O4S/c1-21-9-8-17(22(2,19)20)7-6-12(18)16-13-10(14)4-3-5-11(13)15/h3-5H,6-9H2,1-2H3,(H,16,18). The van der Waals surface area contributed by atoms with Gasteiger partial charge in [-0.25, -0.2) is 17.2 Å². The van der Waals surface area contributed by atoms with Crippen LogP contribution in [0.1, 0.15) is 6.42 Å². The molecule has 0 unspecified atom stereocenters. The van der Waals surface area contributed by atoms with Crippen LogP contribution in [0.2, 0.25) is 0 Å². The first-order valence-electron chi connectivity index (χ1n) is 6.43. The fourth-order valence-corrected chi connectivity index (χ4v) is 2.51. The molecule has 22 heavy (non-hydrogen) atoms. The first-order chi connectivity index (χ1) is 10.3. The number of halogens is 2. The van der Waals surface area contributed by atoms with Crippen molar-refractivity contribution in [3.63, 3.8) is 0 Å². The van der Waals surface area contributed by atoms with E-state index >= 15 is 0 Å². The SMILES string of the molecule is COCCN(CCC(=O)Nc1c(F)cccc1F)S(C)(=O)=O. The molecule has 0 aliphatic heterocycles. The molecule has 0 aromatic heterocycles. The molecule has 0 heterocycles. The van der Waals surface area contributed by atoms with E-state index in [2.05, 4.69) is 5.32 Å². The normalized spacial score (nSPS) is 11.7. The van der Waals surface area contributed by atoms with Crippen LogP contribution < -0.4 is 5.32 Å². The fraction of sp³-hybridized carbons (Fsp3) is 0.462. The number of amides is 1. The predicted octanol–water partition coefficient (Wildman–Crippen LogP) is 1.20. The number of ether oxygens (including phenoxy) is 1. The average molecular weight is 336 g/mol. The summed E-state index contributed by atoms with van der Waals surface area (Å²) in [7, 11) is -2.07. The molecular formula is C13H18F2N2O4S. The number of hydrogen-bond donors (Lipinski definition) is 1. The van der Waals surface area contributed by atoms with E-state index in [9.17, 15) is 22.0 Å². The van der Waals surface area contributed by atoms with Crippen molar-refractivity contribution in [3.8, 4) is 0 Å². The summed E-state index contributed by atoms with van der Waals surface area (Å²) in [5.74, 6) is -2.48. The second-order valence-corrected chi connectivity index (χ2v) is 6.53. The van der Waals surface area contributed by atoms with Gasteiger partial charge in [0.2, 0.25) is 15.9 Å². The summed E-state index contributed by atoms with van der Waals surface area (Å²) < 4.78 is 55.7. The van der Waals surface area contributed by atoms with Crippen molar-refractivity contribution in [3.05, 3.63) is 29.8 Å². The molecule has 1 rings (SSSR count). The second-order valence-electron chi connectivity index (χ2n) is 4.55. The maximum absolute atomic E-state index is 13.4. The van der Waals surface area contributed by atoms with Gasteiger partial charge in [-0.3, -0.25) is 4.79 Å². The molecule has 0 spiro atoms. The van der Waals surface area contributed by atoms with E-state index in [4.69, 9.17) is 4.74 Å². The highest BCUT2D eigenvalue weighted by Crippen LogP contribution is 2.18. The molecule has 1 aromatic carbocycles. The Morgan fingerprint density at radius 3 is 2.36 bits per heavy atom. The molecule has 9 heteroatoms. The third-order valence-corrected chi connectivity index (χ3v) is 4.13. The topological polar surface area (TPSA) is 75.7 Å². The Labute approximate surface area is 128 Å². The second kappa shape index (κ2) is 8.16. The number of para-hydroxylation sites is 1. The number of nitrogens with one attached hydrogen (secondary N) is 1. The number of rotatable bonds is 8. The van der Waals surface area contributed by atoms with E-state index in [1.54, 1.807) is 0 Å². The molecule has 0 saturated carbocycles. The first-order valence-corrected chi connectivity index (χ1v) is 8.28. The van der Waals surface area contributed by atoms with Gasteiger partial charge in [-0.15, -0.1) is 0 Å². The van der Waals surface area contributed by atoms with Gasteiger partial charge in [0.1, 0.15) is 17.3 Å². The number of benzene rings is 1. The van der Waals surface area contributed by atoms with Gasteiger partial charge in [-0.05, 0) is 12.1 Å². The zero-order chi connectivity index (χ0) is 16.8. The van der Waals surface area contributed by atoms with Gasteiger partial charge in [-0.1, -0.05) is 6.07 Å². The number of hydrogen-bond acceptors (Lipinski definition) is 4. The van der Waals surface area contributed by atoms with E-state index in [0.717, 1.165) is 22.7 Å². The lowest BCUT2D eigenvalue weighted by Crippen LogP contribution is -2.35. The van der Waals surface area contributed by atoms with Gasteiger partial charge in [0.15, 0.2) is 0 Å². The number of nitrogens with zero attached hydrogens (tertiary/aromatic N) is 1.